The summed E-state index contributed by atoms with van der Waals surface area (Å²) in [5, 5.41) is 20.2. The van der Waals surface area contributed by atoms with Crippen LogP contribution in [0.3, 0.4) is 0 Å². The summed E-state index contributed by atoms with van der Waals surface area (Å²) in [4.78, 5) is 0. The number of rotatable bonds is 4. The Balaban J connectivity index is 1.94. The van der Waals surface area contributed by atoms with Crippen LogP contribution >= 0.6 is 0 Å². The van der Waals surface area contributed by atoms with E-state index in [2.05, 4.69) is 6.07 Å². The van der Waals surface area contributed by atoms with E-state index < -0.39 is 16.1 Å². The monoisotopic (exact) mass is 343 g/mol. The molecule has 0 saturated carbocycles. The van der Waals surface area contributed by atoms with Crippen LogP contribution in [0.15, 0.2) is 48.5 Å². The van der Waals surface area contributed by atoms with Gasteiger partial charge < -0.3 is 5.11 Å². The lowest BCUT2D eigenvalue weighted by atomic mass is 9.99. The van der Waals surface area contributed by atoms with Gasteiger partial charge in [0.1, 0.15) is 0 Å². The van der Waals surface area contributed by atoms with Gasteiger partial charge in [-0.15, -0.1) is 0 Å². The van der Waals surface area contributed by atoms with Gasteiger partial charge in [-0.2, -0.15) is 13.7 Å². The lowest BCUT2D eigenvalue weighted by Crippen LogP contribution is -2.29. The van der Waals surface area contributed by atoms with Gasteiger partial charge in [0.2, 0.25) is 5.88 Å². The number of fused-ring (bicyclic) bond motifs is 1. The molecule has 2 aromatic rings. The van der Waals surface area contributed by atoms with Crippen molar-refractivity contribution in [3.63, 3.8) is 0 Å². The van der Waals surface area contributed by atoms with Crippen LogP contribution in [0.1, 0.15) is 18.9 Å². The van der Waals surface area contributed by atoms with Gasteiger partial charge in [0.05, 0.1) is 18.0 Å². The molecule has 0 radical (unpaired) electrons. The van der Waals surface area contributed by atoms with Crippen molar-refractivity contribution in [1.82, 2.24) is 4.72 Å². The molecule has 7 heteroatoms. The molecule has 1 atom stereocenters. The van der Waals surface area contributed by atoms with Gasteiger partial charge in [-0.1, -0.05) is 24.3 Å². The number of nitrogens with zero attached hydrogens (tertiary/aromatic N) is 2. The molecule has 124 valence electrons. The first-order chi connectivity index (χ1) is 11.4. The summed E-state index contributed by atoms with van der Waals surface area (Å²) in [5.41, 5.74) is 1.55. The van der Waals surface area contributed by atoms with E-state index >= 15 is 0 Å². The fourth-order valence-corrected chi connectivity index (χ4v) is 3.67. The summed E-state index contributed by atoms with van der Waals surface area (Å²) in [7, 11) is -3.79. The summed E-state index contributed by atoms with van der Waals surface area (Å²) < 4.78 is 26.9. The van der Waals surface area contributed by atoms with Crippen LogP contribution in [0, 0.1) is 17.2 Å². The molecule has 3 rings (SSSR count). The summed E-state index contributed by atoms with van der Waals surface area (Å²) in [6.45, 7) is 1.89. The lowest BCUT2D eigenvalue weighted by molar-refractivity contribution is 0.392. The van der Waals surface area contributed by atoms with Crippen LogP contribution in [-0.2, 0) is 16.6 Å². The second-order valence-electron chi connectivity index (χ2n) is 5.85. The van der Waals surface area contributed by atoms with E-state index in [4.69, 9.17) is 5.26 Å². The van der Waals surface area contributed by atoms with E-state index in [-0.39, 0.29) is 5.92 Å². The quantitative estimate of drug-likeness (QED) is 0.892. The van der Waals surface area contributed by atoms with Crippen molar-refractivity contribution in [2.75, 3.05) is 4.31 Å². The largest absolute Gasteiger partial charge is 0.493 e. The molecule has 6 nitrogen and oxygen atoms in total. The van der Waals surface area contributed by atoms with E-state index in [1.165, 1.54) is 0 Å². The Labute approximate surface area is 140 Å². The molecule has 1 aliphatic heterocycles. The highest BCUT2D eigenvalue weighted by Crippen LogP contribution is 2.27. The van der Waals surface area contributed by atoms with Gasteiger partial charge in [0.15, 0.2) is 0 Å². The maximum atomic E-state index is 12.0. The Morgan fingerprint density at radius 2 is 2.00 bits per heavy atom. The highest BCUT2D eigenvalue weighted by atomic mass is 32.2. The van der Waals surface area contributed by atoms with Crippen LogP contribution in [0.5, 0.6) is 0 Å². The zero-order chi connectivity index (χ0) is 17.3. The van der Waals surface area contributed by atoms with Gasteiger partial charge in [-0.05, 0) is 48.2 Å². The predicted octanol–water partition coefficient (Wildman–Crippen LogP) is 2.94. The maximum Gasteiger partial charge on any atom is 0.330 e. The first kappa shape index (κ1) is 16.1. The first-order valence-electron chi connectivity index (χ1n) is 7.54. The Morgan fingerprint density at radius 1 is 1.25 bits per heavy atom. The molecule has 0 fully saturated rings. The van der Waals surface area contributed by atoms with Crippen LogP contribution < -0.4 is 9.03 Å². The van der Waals surface area contributed by atoms with Gasteiger partial charge in [-0.25, -0.2) is 9.03 Å². The second-order valence-corrected chi connectivity index (χ2v) is 7.40. The zero-order valence-electron chi connectivity index (χ0n) is 13.1. The van der Waals surface area contributed by atoms with Crippen LogP contribution in [0.25, 0.3) is 10.8 Å². The molecule has 2 N–H and O–H groups in total. The van der Waals surface area contributed by atoms with E-state index in [1.54, 1.807) is 12.1 Å². The normalized spacial score (nSPS) is 17.2. The number of anilines is 1. The fraction of sp³-hybridized carbons (Fsp3) is 0.235. The third-order valence-electron chi connectivity index (χ3n) is 3.96. The van der Waals surface area contributed by atoms with Crippen molar-refractivity contribution in [3.8, 4) is 6.07 Å². The highest BCUT2D eigenvalue weighted by Gasteiger charge is 2.28. The van der Waals surface area contributed by atoms with Crippen molar-refractivity contribution < 1.29 is 13.5 Å². The van der Waals surface area contributed by atoms with Crippen LogP contribution in [-0.4, -0.2) is 13.5 Å². The number of hydrogen-bond acceptors (Lipinski definition) is 4. The topological polar surface area (TPSA) is 93.4 Å². The van der Waals surface area contributed by atoms with E-state index in [9.17, 15) is 13.5 Å². The molecule has 0 saturated heterocycles. The number of aliphatic hydroxyl groups excluding tert-OH is 1. The Kier molecular flexibility index (Phi) is 4.08. The minimum Gasteiger partial charge on any atom is -0.493 e. The highest BCUT2D eigenvalue weighted by molar-refractivity contribution is 7.91. The van der Waals surface area contributed by atoms with Crippen molar-refractivity contribution in [2.45, 2.75) is 19.8 Å². The summed E-state index contributed by atoms with van der Waals surface area (Å²) in [6.07, 6.45) is 2.71. The third kappa shape index (κ3) is 3.14. The minimum absolute atomic E-state index is 0.000890. The smallest absolute Gasteiger partial charge is 0.330 e. The predicted molar refractivity (Wildman–Crippen MR) is 92.3 cm³/mol. The Bertz CT molecular complexity index is 961. The van der Waals surface area contributed by atoms with Crippen LogP contribution in [0.2, 0.25) is 0 Å². The molecule has 0 amide bonds. The summed E-state index contributed by atoms with van der Waals surface area (Å²) >= 11 is 0. The van der Waals surface area contributed by atoms with Crippen molar-refractivity contribution in [1.29, 1.82) is 5.26 Å². The van der Waals surface area contributed by atoms with Gasteiger partial charge in [0, 0.05) is 5.92 Å². The average Bonchev–Trinajstić information content (AvgIpc) is 2.84. The molecule has 0 aromatic heterocycles. The average molecular weight is 343 g/mol. The zero-order valence-corrected chi connectivity index (χ0v) is 13.9. The Hall–Kier alpha value is -2.72. The molecule has 1 heterocycles. The fourth-order valence-electron chi connectivity index (χ4n) is 2.63. The third-order valence-corrected chi connectivity index (χ3v) is 5.26. The van der Waals surface area contributed by atoms with E-state index in [1.807, 2.05) is 35.9 Å². The summed E-state index contributed by atoms with van der Waals surface area (Å²) in [5.74, 6) is -0.407. The lowest BCUT2D eigenvalue weighted by Gasteiger charge is -2.15. The number of nitriles is 1. The first-order valence-corrected chi connectivity index (χ1v) is 8.98. The van der Waals surface area contributed by atoms with Gasteiger partial charge in [-0.3, -0.25) is 0 Å². The molecule has 0 spiro atoms. The number of nitrogens with one attached hydrogen (secondary N) is 1. The number of aliphatic hydroxyl groups is 1. The van der Waals surface area contributed by atoms with E-state index in [0.29, 0.717) is 5.69 Å². The summed E-state index contributed by atoms with van der Waals surface area (Å²) in [6, 6.07) is 13.5. The Morgan fingerprint density at radius 3 is 2.67 bits per heavy atom. The second kappa shape index (κ2) is 6.06. The number of hydrogen-bond donors (Lipinski definition) is 2. The number of benzene rings is 2. The molecular formula is C17H17N3O3S. The van der Waals surface area contributed by atoms with Crippen LogP contribution in [0.4, 0.5) is 5.69 Å². The van der Waals surface area contributed by atoms with Crippen molar-refractivity contribution in [2.24, 2.45) is 5.92 Å². The standard InChI is InChI=1S/C17H17N3O3S/c1-12(10-18)2-3-13-4-5-14-6-7-16(9-15(14)8-13)20-11-17(21)19-24(20,22)23/h4-9,11-12,19,21H,2-3H2,1H3. The molecule has 2 aromatic carbocycles. The van der Waals surface area contributed by atoms with Crippen molar-refractivity contribution >= 4 is 26.7 Å². The molecule has 0 bridgehead atoms. The van der Waals surface area contributed by atoms with Gasteiger partial charge in [0.25, 0.3) is 0 Å². The molecule has 24 heavy (non-hydrogen) atoms. The maximum absolute atomic E-state index is 12.0. The molecule has 1 aliphatic rings. The minimum atomic E-state index is -3.79. The number of aryl methyl sites for hydroxylation is 1. The molecule has 1 unspecified atom stereocenters. The molecule has 0 aliphatic carbocycles. The van der Waals surface area contributed by atoms with Crippen molar-refractivity contribution in [3.05, 3.63) is 54.0 Å². The van der Waals surface area contributed by atoms with Gasteiger partial charge >= 0.3 is 10.2 Å². The molecular weight excluding hydrogens is 326 g/mol. The van der Waals surface area contributed by atoms with E-state index in [0.717, 1.165) is 39.7 Å². The SMILES string of the molecule is CC(C#N)CCc1ccc2ccc(N3C=C(O)NS3(=O)=O)cc2c1.